The largest absolute Gasteiger partial charge is 0.499 e. The number of hydrogen-bond donors (Lipinski definition) is 3. The monoisotopic (exact) mass is 417 g/mol. The second kappa shape index (κ2) is 9.71. The van der Waals surface area contributed by atoms with Gasteiger partial charge in [0.15, 0.2) is 6.10 Å². The van der Waals surface area contributed by atoms with Crippen LogP contribution in [0.5, 0.6) is 0 Å². The number of halogens is 1. The fraction of sp³-hybridized carbons (Fsp3) is 0.556. The van der Waals surface area contributed by atoms with Crippen LogP contribution in [0.2, 0.25) is 0 Å². The number of methoxy groups -OCH3 is 1. The van der Waals surface area contributed by atoms with Crippen molar-refractivity contribution in [3.8, 4) is 0 Å². The fourth-order valence-corrected chi connectivity index (χ4v) is 4.40. The number of benzene rings is 1. The molecule has 0 saturated carbocycles. The SMILES string of the molecule is COC(=O)CCNC(=O)[C@@H]1O[P+](O)(NCCc2ccc(F)cc2)OCC1(C)C. The summed E-state index contributed by atoms with van der Waals surface area (Å²) in [5.74, 6) is -1.18. The molecule has 0 bridgehead atoms. The van der Waals surface area contributed by atoms with Crippen molar-refractivity contribution in [2.24, 2.45) is 5.41 Å². The van der Waals surface area contributed by atoms with Gasteiger partial charge in [0.2, 0.25) is 0 Å². The summed E-state index contributed by atoms with van der Waals surface area (Å²) in [7, 11) is -2.16. The lowest BCUT2D eigenvalue weighted by atomic mass is 9.87. The van der Waals surface area contributed by atoms with E-state index in [1.54, 1.807) is 26.0 Å². The van der Waals surface area contributed by atoms with Gasteiger partial charge in [0.05, 0.1) is 13.5 Å². The molecule has 1 aliphatic heterocycles. The number of rotatable bonds is 8. The van der Waals surface area contributed by atoms with Crippen LogP contribution in [0.25, 0.3) is 0 Å². The van der Waals surface area contributed by atoms with E-state index in [0.29, 0.717) is 13.0 Å². The molecule has 0 radical (unpaired) electrons. The molecule has 156 valence electrons. The van der Waals surface area contributed by atoms with Gasteiger partial charge in [0.25, 0.3) is 5.91 Å². The molecular weight excluding hydrogens is 390 g/mol. The zero-order valence-corrected chi connectivity index (χ0v) is 17.1. The third kappa shape index (κ3) is 6.46. The molecule has 2 rings (SSSR count). The highest BCUT2D eigenvalue weighted by Gasteiger charge is 2.57. The first kappa shape index (κ1) is 22.6. The van der Waals surface area contributed by atoms with Gasteiger partial charge in [0.1, 0.15) is 12.4 Å². The molecule has 1 aromatic carbocycles. The highest BCUT2D eigenvalue weighted by Crippen LogP contribution is 2.59. The zero-order valence-electron chi connectivity index (χ0n) is 16.2. The molecule has 28 heavy (non-hydrogen) atoms. The molecule has 1 fully saturated rings. The minimum atomic E-state index is -3.43. The van der Waals surface area contributed by atoms with E-state index in [0.717, 1.165) is 5.56 Å². The highest BCUT2D eigenvalue weighted by atomic mass is 31.2. The Morgan fingerprint density at radius 3 is 2.64 bits per heavy atom. The topological polar surface area (TPSA) is 106 Å². The minimum absolute atomic E-state index is 0.0429. The van der Waals surface area contributed by atoms with Crippen LogP contribution < -0.4 is 10.4 Å². The number of esters is 1. The van der Waals surface area contributed by atoms with E-state index in [1.807, 2.05) is 0 Å². The van der Waals surface area contributed by atoms with Gasteiger partial charge >= 0.3 is 14.1 Å². The molecule has 0 spiro atoms. The molecule has 0 aliphatic carbocycles. The Balaban J connectivity index is 1.90. The Morgan fingerprint density at radius 2 is 2.00 bits per heavy atom. The maximum Gasteiger partial charge on any atom is 0.499 e. The smallest absolute Gasteiger partial charge is 0.469 e. The Morgan fingerprint density at radius 1 is 1.32 bits per heavy atom. The van der Waals surface area contributed by atoms with Crippen LogP contribution in [0, 0.1) is 11.2 Å². The van der Waals surface area contributed by atoms with E-state index in [9.17, 15) is 18.9 Å². The van der Waals surface area contributed by atoms with Gasteiger partial charge in [-0.2, -0.15) is 9.42 Å². The van der Waals surface area contributed by atoms with Gasteiger partial charge in [-0.05, 0) is 24.1 Å². The molecule has 1 aromatic rings. The molecule has 10 heteroatoms. The molecule has 1 heterocycles. The number of ether oxygens (including phenoxy) is 1. The average molecular weight is 417 g/mol. The summed E-state index contributed by atoms with van der Waals surface area (Å²) in [6.07, 6.45) is -0.383. The van der Waals surface area contributed by atoms with Crippen LogP contribution in [-0.4, -0.2) is 49.7 Å². The van der Waals surface area contributed by atoms with E-state index in [4.69, 9.17) is 9.05 Å². The summed E-state index contributed by atoms with van der Waals surface area (Å²) < 4.78 is 28.6. The van der Waals surface area contributed by atoms with E-state index < -0.39 is 31.5 Å². The van der Waals surface area contributed by atoms with E-state index in [1.165, 1.54) is 19.2 Å². The maximum atomic E-state index is 13.0. The third-order valence-electron chi connectivity index (χ3n) is 4.30. The number of nitrogens with one attached hydrogen (secondary N) is 2. The summed E-state index contributed by atoms with van der Waals surface area (Å²) in [5.41, 5.74) is 0.218. The van der Waals surface area contributed by atoms with Gasteiger partial charge in [-0.15, -0.1) is 9.61 Å². The number of carbonyl (C=O) groups is 2. The van der Waals surface area contributed by atoms with E-state index in [-0.39, 0.29) is 25.4 Å². The average Bonchev–Trinajstić information content (AvgIpc) is 2.65. The molecule has 3 N–H and O–H groups in total. The molecule has 8 nitrogen and oxygen atoms in total. The van der Waals surface area contributed by atoms with Crippen molar-refractivity contribution in [2.75, 3.05) is 26.8 Å². The van der Waals surface area contributed by atoms with E-state index >= 15 is 0 Å². The third-order valence-corrected chi connectivity index (χ3v) is 5.90. The van der Waals surface area contributed by atoms with Gasteiger partial charge in [-0.1, -0.05) is 26.0 Å². The van der Waals surface area contributed by atoms with Gasteiger partial charge in [0, 0.05) is 18.5 Å². The number of hydrogen-bond acceptors (Lipinski definition) is 7. The lowest BCUT2D eigenvalue weighted by Crippen LogP contribution is -2.52. The van der Waals surface area contributed by atoms with E-state index in [2.05, 4.69) is 15.1 Å². The van der Waals surface area contributed by atoms with Crippen LogP contribution >= 0.6 is 8.09 Å². The van der Waals surface area contributed by atoms with Crippen LogP contribution in [0.4, 0.5) is 4.39 Å². The molecule has 1 aliphatic rings. The van der Waals surface area contributed by atoms with Crippen molar-refractivity contribution in [3.63, 3.8) is 0 Å². The quantitative estimate of drug-likeness (QED) is 0.437. The predicted molar refractivity (Wildman–Crippen MR) is 101 cm³/mol. The molecule has 1 saturated heterocycles. The van der Waals surface area contributed by atoms with Crippen LogP contribution in [0.3, 0.4) is 0 Å². The van der Waals surface area contributed by atoms with Crippen LogP contribution in [0.1, 0.15) is 25.8 Å². The van der Waals surface area contributed by atoms with Crippen molar-refractivity contribution in [3.05, 3.63) is 35.6 Å². The second-order valence-electron chi connectivity index (χ2n) is 7.17. The molecule has 1 unspecified atom stereocenters. The zero-order chi connectivity index (χ0) is 20.8. The van der Waals surface area contributed by atoms with Gasteiger partial charge < -0.3 is 10.1 Å². The van der Waals surface area contributed by atoms with Crippen LogP contribution in [0.15, 0.2) is 24.3 Å². The van der Waals surface area contributed by atoms with Gasteiger partial charge in [-0.3, -0.25) is 9.59 Å². The summed E-state index contributed by atoms with van der Waals surface area (Å²) in [6, 6.07) is 6.04. The number of carbonyl (C=O) groups excluding carboxylic acids is 2. The first-order chi connectivity index (χ1) is 13.1. The Labute approximate surface area is 164 Å². The first-order valence-electron chi connectivity index (χ1n) is 8.94. The Hall–Kier alpha value is -1.64. The fourth-order valence-electron chi connectivity index (χ4n) is 2.61. The summed E-state index contributed by atoms with van der Waals surface area (Å²) in [4.78, 5) is 34.3. The Bertz CT molecular complexity index is 687. The molecule has 1 amide bonds. The predicted octanol–water partition coefficient (Wildman–Crippen LogP) is 1.75. The lowest BCUT2D eigenvalue weighted by Gasteiger charge is -2.37. The Kier molecular flexibility index (Phi) is 7.86. The van der Waals surface area contributed by atoms with Crippen molar-refractivity contribution < 1.29 is 32.7 Å². The number of amides is 1. The minimum Gasteiger partial charge on any atom is -0.469 e. The van der Waals surface area contributed by atoms with Crippen LogP contribution in [-0.2, 0) is 29.8 Å². The molecule has 0 aromatic heterocycles. The standard InChI is InChI=1S/C18H26FN2O6P/c1-18(2)12-26-28(24,21-11-8-13-4-6-14(19)7-5-13)27-16(18)17(23)20-10-9-15(22)25-3/h4-7,16,21,24H,8-12H2,1-3H3/p+1/t16-,28?/m0/s1. The second-order valence-corrected chi connectivity index (χ2v) is 9.00. The molecular formula is C18H27FN2O6P+. The van der Waals surface area contributed by atoms with Crippen molar-refractivity contribution in [1.82, 2.24) is 10.4 Å². The van der Waals surface area contributed by atoms with Crippen molar-refractivity contribution in [2.45, 2.75) is 32.8 Å². The first-order valence-corrected chi connectivity index (χ1v) is 10.5. The lowest BCUT2D eigenvalue weighted by molar-refractivity contribution is -0.142. The normalized spacial score (nSPS) is 23.8. The summed E-state index contributed by atoms with van der Waals surface area (Å²) >= 11 is 0. The van der Waals surface area contributed by atoms with Crippen molar-refractivity contribution >= 4 is 20.0 Å². The highest BCUT2D eigenvalue weighted by molar-refractivity contribution is 7.58. The summed E-state index contributed by atoms with van der Waals surface area (Å²) in [5, 5.41) is 5.46. The molecule has 2 atom stereocenters. The summed E-state index contributed by atoms with van der Waals surface area (Å²) in [6.45, 7) is 4.14. The maximum absolute atomic E-state index is 13.0. The van der Waals surface area contributed by atoms with Crippen molar-refractivity contribution in [1.29, 1.82) is 0 Å². The van der Waals surface area contributed by atoms with Gasteiger partial charge in [-0.25, -0.2) is 4.39 Å².